The SMILES string of the molecule is Nc1c(CO)c(F)cc2ccsc12. The average molecular weight is 197 g/mol. The summed E-state index contributed by atoms with van der Waals surface area (Å²) in [6.45, 7) is -0.356. The molecule has 0 aliphatic rings. The van der Waals surface area contributed by atoms with Gasteiger partial charge in [-0.15, -0.1) is 11.3 Å². The number of nitrogen functional groups attached to an aromatic ring is 1. The van der Waals surface area contributed by atoms with E-state index in [4.69, 9.17) is 10.8 Å². The van der Waals surface area contributed by atoms with Crippen molar-refractivity contribution in [2.45, 2.75) is 6.61 Å². The number of hydrogen-bond donors (Lipinski definition) is 2. The van der Waals surface area contributed by atoms with Crippen molar-refractivity contribution in [2.24, 2.45) is 0 Å². The summed E-state index contributed by atoms with van der Waals surface area (Å²) >= 11 is 1.45. The fourth-order valence-corrected chi connectivity index (χ4v) is 2.17. The molecule has 13 heavy (non-hydrogen) atoms. The van der Waals surface area contributed by atoms with Crippen molar-refractivity contribution in [2.75, 3.05) is 5.73 Å². The number of benzene rings is 1. The molecule has 1 aromatic heterocycles. The van der Waals surface area contributed by atoms with E-state index in [0.29, 0.717) is 5.69 Å². The van der Waals surface area contributed by atoms with Crippen molar-refractivity contribution in [3.63, 3.8) is 0 Å². The Morgan fingerprint density at radius 1 is 1.54 bits per heavy atom. The van der Waals surface area contributed by atoms with E-state index in [1.807, 2.05) is 5.38 Å². The van der Waals surface area contributed by atoms with E-state index >= 15 is 0 Å². The minimum absolute atomic E-state index is 0.190. The Morgan fingerprint density at radius 3 is 3.00 bits per heavy atom. The molecule has 2 rings (SSSR count). The fraction of sp³-hybridized carbons (Fsp3) is 0.111. The monoisotopic (exact) mass is 197 g/mol. The summed E-state index contributed by atoms with van der Waals surface area (Å²) in [6.07, 6.45) is 0. The molecule has 1 aromatic carbocycles. The molecule has 0 saturated heterocycles. The Kier molecular flexibility index (Phi) is 1.94. The maximum absolute atomic E-state index is 13.2. The Labute approximate surface area is 78.4 Å². The van der Waals surface area contributed by atoms with Crippen molar-refractivity contribution in [3.05, 3.63) is 28.9 Å². The highest BCUT2D eigenvalue weighted by molar-refractivity contribution is 7.17. The lowest BCUT2D eigenvalue weighted by Crippen LogP contribution is -1.97. The predicted octanol–water partition coefficient (Wildman–Crippen LogP) is 2.11. The molecule has 3 N–H and O–H groups in total. The summed E-state index contributed by atoms with van der Waals surface area (Å²) in [6, 6.07) is 3.20. The summed E-state index contributed by atoms with van der Waals surface area (Å²) in [4.78, 5) is 0. The average Bonchev–Trinajstić information content (AvgIpc) is 2.53. The van der Waals surface area contributed by atoms with E-state index in [1.54, 1.807) is 6.07 Å². The van der Waals surface area contributed by atoms with Crippen LogP contribution in [0.3, 0.4) is 0 Å². The highest BCUT2D eigenvalue weighted by Gasteiger charge is 2.10. The summed E-state index contributed by atoms with van der Waals surface area (Å²) in [5.41, 5.74) is 6.23. The number of aliphatic hydroxyl groups is 1. The molecule has 0 atom stereocenters. The van der Waals surface area contributed by atoms with E-state index < -0.39 is 5.82 Å². The van der Waals surface area contributed by atoms with Gasteiger partial charge in [0.05, 0.1) is 17.0 Å². The van der Waals surface area contributed by atoms with Gasteiger partial charge in [-0.25, -0.2) is 4.39 Å². The molecule has 0 fully saturated rings. The summed E-state index contributed by atoms with van der Waals surface area (Å²) < 4.78 is 14.1. The molecule has 2 nitrogen and oxygen atoms in total. The van der Waals surface area contributed by atoms with Crippen LogP contribution in [0.4, 0.5) is 10.1 Å². The van der Waals surface area contributed by atoms with E-state index in [2.05, 4.69) is 0 Å². The number of nitrogens with two attached hydrogens (primary N) is 1. The van der Waals surface area contributed by atoms with Crippen molar-refractivity contribution >= 4 is 27.1 Å². The molecule has 2 aromatic rings. The number of fused-ring (bicyclic) bond motifs is 1. The molecule has 1 heterocycles. The first kappa shape index (κ1) is 8.47. The fourth-order valence-electron chi connectivity index (χ4n) is 1.30. The van der Waals surface area contributed by atoms with Crippen LogP contribution in [0.5, 0.6) is 0 Å². The number of thiophene rings is 1. The Hall–Kier alpha value is -1.13. The second kappa shape index (κ2) is 2.97. The molecule has 0 radical (unpaired) electrons. The maximum atomic E-state index is 13.2. The van der Waals surface area contributed by atoms with Gasteiger partial charge in [0, 0.05) is 5.56 Å². The van der Waals surface area contributed by atoms with Gasteiger partial charge in [-0.05, 0) is 22.9 Å². The van der Waals surface area contributed by atoms with Crippen LogP contribution >= 0.6 is 11.3 Å². The lowest BCUT2D eigenvalue weighted by atomic mass is 10.1. The number of anilines is 1. The van der Waals surface area contributed by atoms with Gasteiger partial charge >= 0.3 is 0 Å². The molecule has 0 unspecified atom stereocenters. The molecule has 0 saturated carbocycles. The van der Waals surface area contributed by atoms with E-state index in [9.17, 15) is 4.39 Å². The molecule has 4 heteroatoms. The minimum atomic E-state index is -0.439. The van der Waals surface area contributed by atoms with E-state index in [1.165, 1.54) is 17.4 Å². The zero-order chi connectivity index (χ0) is 9.42. The molecule has 0 aliphatic carbocycles. The Morgan fingerprint density at radius 2 is 2.31 bits per heavy atom. The largest absolute Gasteiger partial charge is 0.397 e. The second-order valence-electron chi connectivity index (χ2n) is 2.75. The van der Waals surface area contributed by atoms with Crippen molar-refractivity contribution in [1.29, 1.82) is 0 Å². The third kappa shape index (κ3) is 1.18. The van der Waals surface area contributed by atoms with Crippen molar-refractivity contribution in [3.8, 4) is 0 Å². The maximum Gasteiger partial charge on any atom is 0.131 e. The first-order valence-corrected chi connectivity index (χ1v) is 4.67. The lowest BCUT2D eigenvalue weighted by molar-refractivity contribution is 0.277. The smallest absolute Gasteiger partial charge is 0.131 e. The third-order valence-corrected chi connectivity index (χ3v) is 2.96. The second-order valence-corrected chi connectivity index (χ2v) is 3.66. The Bertz CT molecular complexity index is 452. The molecule has 68 valence electrons. The van der Waals surface area contributed by atoms with Crippen LogP contribution in [-0.4, -0.2) is 5.11 Å². The van der Waals surface area contributed by atoms with Gasteiger partial charge in [0.2, 0.25) is 0 Å². The summed E-state index contributed by atoms with van der Waals surface area (Å²) in [5.74, 6) is -0.439. The lowest BCUT2D eigenvalue weighted by Gasteiger charge is -2.04. The summed E-state index contributed by atoms with van der Waals surface area (Å²) in [5, 5.41) is 11.5. The number of halogens is 1. The van der Waals surface area contributed by atoms with Gasteiger partial charge in [-0.3, -0.25) is 0 Å². The van der Waals surface area contributed by atoms with Crippen LogP contribution in [0.25, 0.3) is 10.1 Å². The normalized spacial score (nSPS) is 10.9. The van der Waals surface area contributed by atoms with Crippen LogP contribution in [0.2, 0.25) is 0 Å². The van der Waals surface area contributed by atoms with E-state index in [0.717, 1.165) is 10.1 Å². The van der Waals surface area contributed by atoms with Gasteiger partial charge in [-0.2, -0.15) is 0 Å². The molecule has 0 bridgehead atoms. The third-order valence-electron chi connectivity index (χ3n) is 1.99. The first-order valence-electron chi connectivity index (χ1n) is 3.79. The Balaban J connectivity index is 2.85. The standard InChI is InChI=1S/C9H8FNOS/c10-7-3-5-1-2-13-9(5)8(11)6(7)4-12/h1-3,12H,4,11H2. The highest BCUT2D eigenvalue weighted by atomic mass is 32.1. The molecule has 0 spiro atoms. The van der Waals surface area contributed by atoms with Crippen LogP contribution in [0.1, 0.15) is 5.56 Å². The summed E-state index contributed by atoms with van der Waals surface area (Å²) in [7, 11) is 0. The minimum Gasteiger partial charge on any atom is -0.397 e. The molecular formula is C9H8FNOS. The molecule has 0 amide bonds. The van der Waals surface area contributed by atoms with Gasteiger partial charge < -0.3 is 10.8 Å². The van der Waals surface area contributed by atoms with Crippen molar-refractivity contribution in [1.82, 2.24) is 0 Å². The van der Waals surface area contributed by atoms with E-state index in [-0.39, 0.29) is 12.2 Å². The van der Waals surface area contributed by atoms with Crippen molar-refractivity contribution < 1.29 is 9.50 Å². The first-order chi connectivity index (χ1) is 6.24. The van der Waals surface area contributed by atoms with Gasteiger partial charge in [0.25, 0.3) is 0 Å². The highest BCUT2D eigenvalue weighted by Crippen LogP contribution is 2.31. The zero-order valence-electron chi connectivity index (χ0n) is 6.75. The van der Waals surface area contributed by atoms with Crippen LogP contribution in [-0.2, 0) is 6.61 Å². The van der Waals surface area contributed by atoms with Gasteiger partial charge in [-0.1, -0.05) is 0 Å². The molecule has 0 aliphatic heterocycles. The van der Waals surface area contributed by atoms with Gasteiger partial charge in [0.1, 0.15) is 5.82 Å². The number of aliphatic hydroxyl groups excluding tert-OH is 1. The molecular weight excluding hydrogens is 189 g/mol. The van der Waals surface area contributed by atoms with Crippen LogP contribution < -0.4 is 5.73 Å². The van der Waals surface area contributed by atoms with Crippen LogP contribution in [0, 0.1) is 5.82 Å². The quantitative estimate of drug-likeness (QED) is 0.688. The predicted molar refractivity (Wildman–Crippen MR) is 52.1 cm³/mol. The number of hydrogen-bond acceptors (Lipinski definition) is 3. The number of rotatable bonds is 1. The van der Waals surface area contributed by atoms with Crippen LogP contribution in [0.15, 0.2) is 17.5 Å². The zero-order valence-corrected chi connectivity index (χ0v) is 7.57. The topological polar surface area (TPSA) is 46.2 Å². The van der Waals surface area contributed by atoms with Gasteiger partial charge in [0.15, 0.2) is 0 Å².